The molecule has 0 bridgehead atoms. The lowest BCUT2D eigenvalue weighted by Gasteiger charge is -2.16. The lowest BCUT2D eigenvalue weighted by atomic mass is 10.0. The minimum absolute atomic E-state index is 0.0930. The molecule has 1 unspecified atom stereocenters. The number of hydrogen-bond acceptors (Lipinski definition) is 4. The van der Waals surface area contributed by atoms with Crippen molar-refractivity contribution in [2.24, 2.45) is 0 Å². The summed E-state index contributed by atoms with van der Waals surface area (Å²) in [5, 5.41) is 3.05. The highest BCUT2D eigenvalue weighted by Crippen LogP contribution is 2.24. The molecule has 18 heavy (non-hydrogen) atoms. The van der Waals surface area contributed by atoms with Gasteiger partial charge in [0.25, 0.3) is 0 Å². The van der Waals surface area contributed by atoms with Gasteiger partial charge in [0.05, 0.1) is 14.2 Å². The molecular weight excluding hydrogens is 237 g/mol. The van der Waals surface area contributed by atoms with E-state index in [1.54, 1.807) is 19.2 Å². The van der Waals surface area contributed by atoms with Crippen LogP contribution in [-0.4, -0.2) is 27.2 Å². The number of methoxy groups -OCH3 is 2. The zero-order valence-electron chi connectivity index (χ0n) is 10.8. The molecule has 5 heteroatoms. The van der Waals surface area contributed by atoms with Crippen LogP contribution in [0.4, 0.5) is 4.39 Å². The second-order valence-corrected chi connectivity index (χ2v) is 3.85. The average Bonchev–Trinajstić information content (AvgIpc) is 2.39. The van der Waals surface area contributed by atoms with E-state index in [1.165, 1.54) is 20.3 Å². The monoisotopic (exact) mass is 255 g/mol. The molecule has 0 saturated carbocycles. The van der Waals surface area contributed by atoms with Crippen molar-refractivity contribution < 1.29 is 18.7 Å². The first-order chi connectivity index (χ1) is 8.62. The molecular formula is C13H18FNO3. The summed E-state index contributed by atoms with van der Waals surface area (Å²) in [7, 11) is 4.54. The number of hydrogen-bond donors (Lipinski definition) is 1. The van der Waals surface area contributed by atoms with Crippen LogP contribution >= 0.6 is 0 Å². The van der Waals surface area contributed by atoms with Gasteiger partial charge in [-0.3, -0.25) is 4.79 Å². The second kappa shape index (κ2) is 6.96. The van der Waals surface area contributed by atoms with Crippen molar-refractivity contribution in [2.75, 3.05) is 21.3 Å². The largest absolute Gasteiger partial charge is 0.494 e. The summed E-state index contributed by atoms with van der Waals surface area (Å²) in [4.78, 5) is 11.1. The molecule has 1 aromatic carbocycles. The van der Waals surface area contributed by atoms with Crippen LogP contribution in [0.25, 0.3) is 0 Å². The summed E-state index contributed by atoms with van der Waals surface area (Å²) in [5.74, 6) is -0.473. The van der Waals surface area contributed by atoms with Gasteiger partial charge in [0.1, 0.15) is 0 Å². The molecule has 0 saturated heterocycles. The second-order valence-electron chi connectivity index (χ2n) is 3.85. The Morgan fingerprint density at radius 2 is 2.17 bits per heavy atom. The fourth-order valence-electron chi connectivity index (χ4n) is 1.74. The maximum Gasteiger partial charge on any atom is 0.305 e. The van der Waals surface area contributed by atoms with E-state index in [0.717, 1.165) is 5.56 Å². The Morgan fingerprint density at radius 1 is 1.44 bits per heavy atom. The van der Waals surface area contributed by atoms with Gasteiger partial charge < -0.3 is 14.8 Å². The predicted molar refractivity (Wildman–Crippen MR) is 66.0 cm³/mol. The first-order valence-corrected chi connectivity index (χ1v) is 5.70. The summed E-state index contributed by atoms with van der Waals surface area (Å²) in [6.45, 7) is 0. The number of carbonyl (C=O) groups excluding carboxylic acids is 1. The van der Waals surface area contributed by atoms with Crippen LogP contribution in [0.15, 0.2) is 18.2 Å². The van der Waals surface area contributed by atoms with Crippen LogP contribution in [-0.2, 0) is 9.53 Å². The standard InChI is InChI=1S/C13H18FNO3/c1-15-11(5-7-13(16)18-3)9-4-6-12(17-2)10(14)8-9/h4,6,8,11,15H,5,7H2,1-3H3. The van der Waals surface area contributed by atoms with E-state index in [1.807, 2.05) is 0 Å². The van der Waals surface area contributed by atoms with E-state index in [0.29, 0.717) is 6.42 Å². The molecule has 0 amide bonds. The van der Waals surface area contributed by atoms with Gasteiger partial charge in [-0.15, -0.1) is 0 Å². The number of benzene rings is 1. The van der Waals surface area contributed by atoms with E-state index in [-0.39, 0.29) is 24.2 Å². The Morgan fingerprint density at radius 3 is 2.67 bits per heavy atom. The van der Waals surface area contributed by atoms with E-state index in [9.17, 15) is 9.18 Å². The van der Waals surface area contributed by atoms with Crippen molar-refractivity contribution in [3.63, 3.8) is 0 Å². The normalized spacial score (nSPS) is 12.0. The van der Waals surface area contributed by atoms with Crippen LogP contribution in [0.3, 0.4) is 0 Å². The molecule has 1 rings (SSSR count). The van der Waals surface area contributed by atoms with Gasteiger partial charge in [0.15, 0.2) is 11.6 Å². The van der Waals surface area contributed by atoms with Gasteiger partial charge >= 0.3 is 5.97 Å². The predicted octanol–water partition coefficient (Wildman–Crippen LogP) is 2.05. The van der Waals surface area contributed by atoms with Gasteiger partial charge in [0.2, 0.25) is 0 Å². The average molecular weight is 255 g/mol. The molecule has 0 aliphatic rings. The Balaban J connectivity index is 2.75. The Hall–Kier alpha value is -1.62. The molecule has 0 aliphatic carbocycles. The summed E-state index contributed by atoms with van der Waals surface area (Å²) in [5.41, 5.74) is 0.778. The van der Waals surface area contributed by atoms with Crippen LogP contribution in [0.5, 0.6) is 5.75 Å². The molecule has 4 nitrogen and oxygen atoms in total. The molecule has 1 atom stereocenters. The minimum atomic E-state index is -0.409. The van der Waals surface area contributed by atoms with Crippen LogP contribution in [0.1, 0.15) is 24.4 Å². The Kier molecular flexibility index (Phi) is 5.58. The molecule has 1 aromatic rings. The maximum absolute atomic E-state index is 13.6. The van der Waals surface area contributed by atoms with Gasteiger partial charge in [-0.25, -0.2) is 4.39 Å². The molecule has 0 aliphatic heterocycles. The van der Waals surface area contributed by atoms with Crippen LogP contribution in [0.2, 0.25) is 0 Å². The molecule has 0 spiro atoms. The number of carbonyl (C=O) groups is 1. The molecule has 0 heterocycles. The van der Waals surface area contributed by atoms with Crippen molar-refractivity contribution in [2.45, 2.75) is 18.9 Å². The first kappa shape index (κ1) is 14.4. The topological polar surface area (TPSA) is 47.6 Å². The van der Waals surface area contributed by atoms with Crippen molar-refractivity contribution in [1.82, 2.24) is 5.32 Å². The van der Waals surface area contributed by atoms with Gasteiger partial charge in [-0.2, -0.15) is 0 Å². The summed E-state index contributed by atoms with van der Waals surface area (Å²) in [6.07, 6.45) is 0.838. The highest BCUT2D eigenvalue weighted by molar-refractivity contribution is 5.69. The molecule has 0 fully saturated rings. The summed E-state index contributed by atoms with van der Waals surface area (Å²) >= 11 is 0. The van der Waals surface area contributed by atoms with Crippen LogP contribution in [0, 0.1) is 5.82 Å². The Labute approximate surface area is 106 Å². The van der Waals surface area contributed by atoms with E-state index >= 15 is 0 Å². The van der Waals surface area contributed by atoms with Crippen LogP contribution < -0.4 is 10.1 Å². The molecule has 100 valence electrons. The lowest BCUT2D eigenvalue weighted by molar-refractivity contribution is -0.140. The zero-order valence-corrected chi connectivity index (χ0v) is 10.8. The van der Waals surface area contributed by atoms with E-state index < -0.39 is 5.82 Å². The fourth-order valence-corrected chi connectivity index (χ4v) is 1.74. The lowest BCUT2D eigenvalue weighted by Crippen LogP contribution is -2.18. The number of ether oxygens (including phenoxy) is 2. The van der Waals surface area contributed by atoms with Crippen molar-refractivity contribution >= 4 is 5.97 Å². The quantitative estimate of drug-likeness (QED) is 0.790. The fraction of sp³-hybridized carbons (Fsp3) is 0.462. The van der Waals surface area contributed by atoms with Gasteiger partial charge in [0, 0.05) is 12.5 Å². The number of rotatable bonds is 6. The third kappa shape index (κ3) is 3.70. The van der Waals surface area contributed by atoms with Crippen molar-refractivity contribution in [1.29, 1.82) is 0 Å². The van der Waals surface area contributed by atoms with E-state index in [2.05, 4.69) is 10.1 Å². The summed E-state index contributed by atoms with van der Waals surface area (Å²) < 4.78 is 23.0. The first-order valence-electron chi connectivity index (χ1n) is 5.70. The SMILES string of the molecule is CNC(CCC(=O)OC)c1ccc(OC)c(F)c1. The number of nitrogens with one attached hydrogen (secondary N) is 1. The zero-order chi connectivity index (χ0) is 13.5. The smallest absolute Gasteiger partial charge is 0.305 e. The third-order valence-corrected chi connectivity index (χ3v) is 2.79. The number of esters is 1. The van der Waals surface area contributed by atoms with Gasteiger partial charge in [-0.1, -0.05) is 6.07 Å². The molecule has 0 aromatic heterocycles. The Bertz CT molecular complexity index is 409. The molecule has 0 radical (unpaired) electrons. The maximum atomic E-state index is 13.6. The van der Waals surface area contributed by atoms with E-state index in [4.69, 9.17) is 4.74 Å². The minimum Gasteiger partial charge on any atom is -0.494 e. The third-order valence-electron chi connectivity index (χ3n) is 2.79. The highest BCUT2D eigenvalue weighted by Gasteiger charge is 2.14. The van der Waals surface area contributed by atoms with Gasteiger partial charge in [-0.05, 0) is 31.2 Å². The number of halogens is 1. The molecule has 1 N–H and O–H groups in total. The highest BCUT2D eigenvalue weighted by atomic mass is 19.1. The van der Waals surface area contributed by atoms with Crippen molar-refractivity contribution in [3.8, 4) is 5.75 Å². The summed E-state index contributed by atoms with van der Waals surface area (Å²) in [6, 6.07) is 4.68. The van der Waals surface area contributed by atoms with Crippen molar-refractivity contribution in [3.05, 3.63) is 29.6 Å².